The molecular weight excluding hydrogens is 1190 g/mol. The van der Waals surface area contributed by atoms with Gasteiger partial charge in [0, 0.05) is 25.7 Å². The van der Waals surface area contributed by atoms with Crippen LogP contribution in [0.3, 0.4) is 0 Å². The van der Waals surface area contributed by atoms with E-state index in [2.05, 4.69) is 41.5 Å². The number of aliphatic hydroxyl groups excluding tert-OH is 1. The van der Waals surface area contributed by atoms with Crippen molar-refractivity contribution in [3.05, 3.63) is 0 Å². The number of carbonyl (C=O) groups is 4. The maximum atomic E-state index is 13.0. The van der Waals surface area contributed by atoms with Crippen molar-refractivity contribution < 1.29 is 80.2 Å². The molecule has 0 amide bonds. The first-order valence-electron chi connectivity index (χ1n) is 37.0. The van der Waals surface area contributed by atoms with Crippen molar-refractivity contribution in [1.29, 1.82) is 0 Å². The average Bonchev–Trinajstić information content (AvgIpc) is 3.20. The molecule has 0 spiro atoms. The van der Waals surface area contributed by atoms with Crippen LogP contribution < -0.4 is 0 Å². The van der Waals surface area contributed by atoms with Crippen LogP contribution in [0.4, 0.5) is 0 Å². The van der Waals surface area contributed by atoms with Gasteiger partial charge in [-0.25, -0.2) is 9.13 Å². The lowest BCUT2D eigenvalue weighted by Crippen LogP contribution is -2.30. The van der Waals surface area contributed by atoms with E-state index in [4.69, 9.17) is 37.0 Å². The molecule has 90 heavy (non-hydrogen) atoms. The zero-order valence-electron chi connectivity index (χ0n) is 58.4. The van der Waals surface area contributed by atoms with E-state index in [9.17, 15) is 43.2 Å². The molecule has 534 valence electrons. The predicted molar refractivity (Wildman–Crippen MR) is 363 cm³/mol. The summed E-state index contributed by atoms with van der Waals surface area (Å²) in [5.74, 6) is -0.673. The first-order chi connectivity index (χ1) is 43.4. The highest BCUT2D eigenvalue weighted by Crippen LogP contribution is 2.45. The predicted octanol–water partition coefficient (Wildman–Crippen LogP) is 20.4. The van der Waals surface area contributed by atoms with Gasteiger partial charge in [-0.15, -0.1) is 0 Å². The van der Waals surface area contributed by atoms with Crippen molar-refractivity contribution in [2.45, 2.75) is 381 Å². The minimum absolute atomic E-state index is 0.106. The maximum absolute atomic E-state index is 13.0. The Bertz CT molecular complexity index is 1750. The Labute approximate surface area is 549 Å². The van der Waals surface area contributed by atoms with Crippen LogP contribution in [-0.2, 0) is 65.4 Å². The Balaban J connectivity index is 5.24. The number of rotatable bonds is 70. The van der Waals surface area contributed by atoms with Gasteiger partial charge in [-0.1, -0.05) is 311 Å². The highest BCUT2D eigenvalue weighted by Gasteiger charge is 2.30. The maximum Gasteiger partial charge on any atom is 0.472 e. The van der Waals surface area contributed by atoms with E-state index in [1.165, 1.54) is 173 Å². The second-order valence-corrected chi connectivity index (χ2v) is 29.5. The molecule has 0 aromatic heterocycles. The number of aliphatic hydroxyl groups is 1. The molecule has 0 bridgehead atoms. The van der Waals surface area contributed by atoms with Crippen LogP contribution in [0, 0.1) is 11.8 Å². The summed E-state index contributed by atoms with van der Waals surface area (Å²) >= 11 is 0. The van der Waals surface area contributed by atoms with Crippen molar-refractivity contribution in [2.24, 2.45) is 11.8 Å². The molecule has 0 radical (unpaired) electrons. The van der Waals surface area contributed by atoms with Gasteiger partial charge in [0.1, 0.15) is 19.3 Å². The third-order valence-corrected chi connectivity index (χ3v) is 18.4. The van der Waals surface area contributed by atoms with Gasteiger partial charge in [0.25, 0.3) is 0 Å². The summed E-state index contributed by atoms with van der Waals surface area (Å²) in [7, 11) is -9.90. The molecule has 0 aliphatic carbocycles. The van der Waals surface area contributed by atoms with Gasteiger partial charge in [0.05, 0.1) is 26.4 Å². The zero-order chi connectivity index (χ0) is 66.5. The quantitative estimate of drug-likeness (QED) is 0.0222. The third kappa shape index (κ3) is 64.8. The molecule has 0 saturated carbocycles. The first-order valence-corrected chi connectivity index (χ1v) is 40.0. The van der Waals surface area contributed by atoms with E-state index in [0.717, 1.165) is 102 Å². The SMILES string of the molecule is CCCCCCCCCCCCCCCCCCC(=O)O[C@H](COC(=O)CCCCCCCCCCCC(C)C)COP(=O)(O)OC[C@@H](O)COP(=O)(O)OC[C@@H](COC(=O)CCCCCCCCCC(C)C)OC(=O)CCCCCCCCCCCCCC. The Morgan fingerprint density at radius 2 is 0.511 bits per heavy atom. The first kappa shape index (κ1) is 88.1. The lowest BCUT2D eigenvalue weighted by molar-refractivity contribution is -0.161. The van der Waals surface area contributed by atoms with Gasteiger partial charge < -0.3 is 33.8 Å². The van der Waals surface area contributed by atoms with Gasteiger partial charge in [-0.2, -0.15) is 0 Å². The molecule has 0 aliphatic rings. The molecule has 2 unspecified atom stereocenters. The molecule has 3 N–H and O–H groups in total. The highest BCUT2D eigenvalue weighted by molar-refractivity contribution is 7.47. The summed E-state index contributed by atoms with van der Waals surface area (Å²) in [5.41, 5.74) is 0. The zero-order valence-corrected chi connectivity index (χ0v) is 60.2. The topological polar surface area (TPSA) is 237 Å². The molecule has 17 nitrogen and oxygen atoms in total. The van der Waals surface area contributed by atoms with Gasteiger partial charge in [0.15, 0.2) is 12.2 Å². The number of phosphoric ester groups is 2. The Morgan fingerprint density at radius 3 is 0.756 bits per heavy atom. The second kappa shape index (κ2) is 63.1. The monoisotopic (exact) mass is 1320 g/mol. The molecule has 0 aromatic rings. The summed E-state index contributed by atoms with van der Waals surface area (Å²) in [6.07, 6.45) is 48.6. The average molecular weight is 1330 g/mol. The summed E-state index contributed by atoms with van der Waals surface area (Å²) < 4.78 is 68.3. The van der Waals surface area contributed by atoms with Crippen LogP contribution in [0.1, 0.15) is 363 Å². The normalized spacial score (nSPS) is 14.1. The van der Waals surface area contributed by atoms with Gasteiger partial charge in [-0.3, -0.25) is 37.3 Å². The lowest BCUT2D eigenvalue weighted by Gasteiger charge is -2.21. The molecule has 0 fully saturated rings. The lowest BCUT2D eigenvalue weighted by atomic mass is 10.0. The van der Waals surface area contributed by atoms with Gasteiger partial charge in [-0.05, 0) is 37.5 Å². The number of hydrogen-bond acceptors (Lipinski definition) is 15. The minimum Gasteiger partial charge on any atom is -0.462 e. The Kier molecular flexibility index (Phi) is 61.8. The van der Waals surface area contributed by atoms with E-state index in [1.54, 1.807) is 0 Å². The molecular formula is C71H138O17P2. The molecule has 0 rings (SSSR count). The highest BCUT2D eigenvalue weighted by atomic mass is 31.2. The van der Waals surface area contributed by atoms with Crippen molar-refractivity contribution in [1.82, 2.24) is 0 Å². The fourth-order valence-corrected chi connectivity index (χ4v) is 12.3. The van der Waals surface area contributed by atoms with Crippen molar-refractivity contribution >= 4 is 39.5 Å². The molecule has 5 atom stereocenters. The van der Waals surface area contributed by atoms with E-state index >= 15 is 0 Å². The van der Waals surface area contributed by atoms with Gasteiger partial charge >= 0.3 is 39.5 Å². The molecule has 0 saturated heterocycles. The van der Waals surface area contributed by atoms with Crippen molar-refractivity contribution in [3.8, 4) is 0 Å². The summed E-state index contributed by atoms with van der Waals surface area (Å²) in [6.45, 7) is 9.49. The minimum atomic E-state index is -4.95. The van der Waals surface area contributed by atoms with E-state index in [-0.39, 0.29) is 25.7 Å². The third-order valence-electron chi connectivity index (χ3n) is 16.5. The number of unbranched alkanes of at least 4 members (excludes halogenated alkanes) is 40. The fraction of sp³-hybridized carbons (Fsp3) is 0.944. The van der Waals surface area contributed by atoms with Crippen molar-refractivity contribution in [3.63, 3.8) is 0 Å². The van der Waals surface area contributed by atoms with Crippen LogP contribution in [0.2, 0.25) is 0 Å². The van der Waals surface area contributed by atoms with E-state index < -0.39 is 97.5 Å². The van der Waals surface area contributed by atoms with Gasteiger partial charge in [0.2, 0.25) is 0 Å². The smallest absolute Gasteiger partial charge is 0.462 e. The number of ether oxygens (including phenoxy) is 4. The fourth-order valence-electron chi connectivity index (χ4n) is 10.8. The molecule has 19 heteroatoms. The second-order valence-electron chi connectivity index (χ2n) is 26.6. The molecule has 0 heterocycles. The summed E-state index contributed by atoms with van der Waals surface area (Å²) in [4.78, 5) is 72.6. The Hall–Kier alpha value is -1.94. The number of hydrogen-bond donors (Lipinski definition) is 3. The number of esters is 4. The largest absolute Gasteiger partial charge is 0.472 e. The standard InChI is InChI=1S/C71H138O17P2/c1-7-9-11-13-15-17-19-21-22-23-24-26-30-37-44-50-56-71(76)87-66(59-81-68(73)53-47-41-35-31-27-28-33-39-45-51-63(3)4)61-85-89(77,78)83-57-65(72)58-84-90(79,80)86-62-67(60-82-69(74)54-48-42-38-32-34-40-46-52-64(5)6)88-70(75)55-49-43-36-29-25-20-18-16-14-12-10-8-2/h63-67,72H,7-62H2,1-6H3,(H,77,78)(H,79,80)/t65-,66-,67-/m1/s1. The van der Waals surface area contributed by atoms with E-state index in [0.29, 0.717) is 31.6 Å². The number of phosphoric acid groups is 2. The Morgan fingerprint density at radius 1 is 0.300 bits per heavy atom. The van der Waals surface area contributed by atoms with E-state index in [1.807, 2.05) is 0 Å². The molecule has 0 aromatic carbocycles. The number of carbonyl (C=O) groups excluding carboxylic acids is 4. The van der Waals surface area contributed by atoms with Crippen LogP contribution >= 0.6 is 15.6 Å². The summed E-state index contributed by atoms with van der Waals surface area (Å²) in [6, 6.07) is 0. The van der Waals surface area contributed by atoms with Crippen LogP contribution in [0.25, 0.3) is 0 Å². The summed E-state index contributed by atoms with van der Waals surface area (Å²) in [5, 5.41) is 10.6. The molecule has 0 aliphatic heterocycles. The van der Waals surface area contributed by atoms with Crippen LogP contribution in [0.5, 0.6) is 0 Å². The van der Waals surface area contributed by atoms with Crippen LogP contribution in [0.15, 0.2) is 0 Å². The van der Waals surface area contributed by atoms with Crippen LogP contribution in [-0.4, -0.2) is 96.7 Å². The van der Waals surface area contributed by atoms with Crippen molar-refractivity contribution in [2.75, 3.05) is 39.6 Å².